The van der Waals surface area contributed by atoms with Crippen LogP contribution in [0, 0.1) is 6.92 Å². The van der Waals surface area contributed by atoms with E-state index < -0.39 is 6.09 Å². The Labute approximate surface area is 154 Å². The summed E-state index contributed by atoms with van der Waals surface area (Å²) < 4.78 is 12.1. The van der Waals surface area contributed by atoms with Crippen molar-refractivity contribution >= 4 is 33.9 Å². The number of nitrogens with one attached hydrogen (secondary N) is 2. The summed E-state index contributed by atoms with van der Waals surface area (Å²) in [5, 5.41) is 11.3. The topological polar surface area (TPSA) is 90.3 Å². The maximum absolute atomic E-state index is 12.1. The summed E-state index contributed by atoms with van der Waals surface area (Å²) in [4.78, 5) is 16.4. The third-order valence-corrected chi connectivity index (χ3v) is 4.20. The number of hydrogen-bond acceptors (Lipinski definition) is 7. The van der Waals surface area contributed by atoms with E-state index in [4.69, 9.17) is 9.47 Å². The summed E-state index contributed by atoms with van der Waals surface area (Å²) >= 11 is 1.40. The molecule has 0 aliphatic carbocycles. The Morgan fingerprint density at radius 3 is 2.92 bits per heavy atom. The van der Waals surface area contributed by atoms with Crippen LogP contribution in [0.5, 0.6) is 5.88 Å². The Kier molecular flexibility index (Phi) is 5.49. The number of aromatic nitrogens is 3. The fourth-order valence-electron chi connectivity index (χ4n) is 2.29. The zero-order valence-corrected chi connectivity index (χ0v) is 15.5. The number of thiazole rings is 1. The van der Waals surface area contributed by atoms with Crippen LogP contribution < -0.4 is 15.4 Å². The van der Waals surface area contributed by atoms with Crippen LogP contribution >= 0.6 is 11.3 Å². The quantitative estimate of drug-likeness (QED) is 0.685. The molecule has 0 radical (unpaired) electrons. The third-order valence-electron chi connectivity index (χ3n) is 3.33. The van der Waals surface area contributed by atoms with Gasteiger partial charge in [-0.3, -0.25) is 10.00 Å². The summed E-state index contributed by atoms with van der Waals surface area (Å²) in [6.07, 6.45) is 1.08. The van der Waals surface area contributed by atoms with Gasteiger partial charge >= 0.3 is 6.09 Å². The van der Waals surface area contributed by atoms with Crippen molar-refractivity contribution in [1.82, 2.24) is 14.8 Å². The highest BCUT2D eigenvalue weighted by atomic mass is 32.1. The first-order valence-electron chi connectivity index (χ1n) is 7.84. The molecular formula is C17H19N5O3S. The Bertz CT molecular complexity index is 905. The van der Waals surface area contributed by atoms with Gasteiger partial charge in [-0.15, -0.1) is 0 Å². The molecule has 3 aromatic rings. The van der Waals surface area contributed by atoms with Gasteiger partial charge in [0.25, 0.3) is 5.88 Å². The first-order valence-corrected chi connectivity index (χ1v) is 8.66. The number of amides is 1. The molecular weight excluding hydrogens is 354 g/mol. The van der Waals surface area contributed by atoms with Gasteiger partial charge in [-0.25, -0.2) is 9.78 Å². The number of carbonyl (C=O) groups is 1. The minimum absolute atomic E-state index is 0.220. The molecule has 0 saturated heterocycles. The molecule has 2 aromatic heterocycles. The molecule has 136 valence electrons. The van der Waals surface area contributed by atoms with Crippen molar-refractivity contribution in [2.24, 2.45) is 7.05 Å². The number of benzene rings is 1. The van der Waals surface area contributed by atoms with E-state index in [0.717, 1.165) is 16.3 Å². The second kappa shape index (κ2) is 7.98. The predicted octanol–water partition coefficient (Wildman–Crippen LogP) is 3.69. The van der Waals surface area contributed by atoms with Gasteiger partial charge in [0, 0.05) is 32.1 Å². The van der Waals surface area contributed by atoms with Crippen LogP contribution in [0.25, 0.3) is 0 Å². The van der Waals surface area contributed by atoms with Gasteiger partial charge in [0.1, 0.15) is 0 Å². The number of anilines is 3. The molecule has 0 unspecified atom stereocenters. The van der Waals surface area contributed by atoms with Crippen molar-refractivity contribution in [3.8, 4) is 5.88 Å². The third kappa shape index (κ3) is 4.58. The van der Waals surface area contributed by atoms with E-state index in [9.17, 15) is 4.79 Å². The van der Waals surface area contributed by atoms with E-state index in [1.807, 2.05) is 31.2 Å². The molecule has 8 nitrogen and oxygen atoms in total. The van der Waals surface area contributed by atoms with Crippen LogP contribution in [-0.2, 0) is 18.4 Å². The zero-order chi connectivity index (χ0) is 18.5. The molecule has 0 aliphatic rings. The lowest BCUT2D eigenvalue weighted by Gasteiger charge is -2.08. The molecule has 1 aromatic carbocycles. The molecule has 0 atom stereocenters. The maximum atomic E-state index is 12.1. The Hall–Kier alpha value is -2.91. The first-order chi connectivity index (χ1) is 12.5. The van der Waals surface area contributed by atoms with Crippen molar-refractivity contribution in [2.45, 2.75) is 13.5 Å². The lowest BCUT2D eigenvalue weighted by molar-refractivity contribution is 0.185. The molecule has 2 heterocycles. The predicted molar refractivity (Wildman–Crippen MR) is 100 cm³/mol. The van der Waals surface area contributed by atoms with Crippen LogP contribution in [0.2, 0.25) is 0 Å². The molecule has 0 spiro atoms. The number of nitrogens with zero attached hydrogens (tertiary/aromatic N) is 3. The van der Waals surface area contributed by atoms with Gasteiger partial charge in [0.2, 0.25) is 0 Å². The molecule has 0 aliphatic heterocycles. The van der Waals surface area contributed by atoms with Crippen molar-refractivity contribution < 1.29 is 14.3 Å². The average molecular weight is 373 g/mol. The van der Waals surface area contributed by atoms with Gasteiger partial charge < -0.3 is 14.8 Å². The fraction of sp³-hybridized carbons (Fsp3) is 0.235. The van der Waals surface area contributed by atoms with E-state index in [1.165, 1.54) is 11.3 Å². The Morgan fingerprint density at radius 1 is 1.35 bits per heavy atom. The Balaban J connectivity index is 1.71. The number of ether oxygens (including phenoxy) is 2. The van der Waals surface area contributed by atoms with E-state index in [1.54, 1.807) is 31.1 Å². The highest BCUT2D eigenvalue weighted by Crippen LogP contribution is 2.34. The van der Waals surface area contributed by atoms with Gasteiger partial charge in [0.15, 0.2) is 10.8 Å². The molecule has 3 rings (SSSR count). The molecule has 26 heavy (non-hydrogen) atoms. The normalized spacial score (nSPS) is 10.6. The largest absolute Gasteiger partial charge is 0.419 e. The van der Waals surface area contributed by atoms with Gasteiger partial charge in [-0.2, -0.15) is 5.10 Å². The van der Waals surface area contributed by atoms with Gasteiger partial charge in [0.05, 0.1) is 11.6 Å². The maximum Gasteiger partial charge on any atom is 0.419 e. The summed E-state index contributed by atoms with van der Waals surface area (Å²) in [6, 6.07) is 9.47. The minimum atomic E-state index is -0.648. The number of aryl methyl sites for hydroxylation is 2. The second-order valence-corrected chi connectivity index (χ2v) is 6.72. The van der Waals surface area contributed by atoms with Crippen LogP contribution in [-0.4, -0.2) is 28.0 Å². The van der Waals surface area contributed by atoms with Crippen LogP contribution in [0.1, 0.15) is 10.6 Å². The monoisotopic (exact) mass is 373 g/mol. The number of methoxy groups -OCH3 is 1. The molecule has 2 N–H and O–H groups in total. The van der Waals surface area contributed by atoms with Gasteiger partial charge in [-0.05, 0) is 24.6 Å². The average Bonchev–Trinajstić information content (AvgIpc) is 3.13. The van der Waals surface area contributed by atoms with E-state index >= 15 is 0 Å². The van der Waals surface area contributed by atoms with Crippen molar-refractivity contribution in [3.05, 3.63) is 47.1 Å². The number of rotatable bonds is 6. The highest BCUT2D eigenvalue weighted by Gasteiger charge is 2.16. The van der Waals surface area contributed by atoms with Crippen LogP contribution in [0.15, 0.2) is 36.5 Å². The smallest absolute Gasteiger partial charge is 0.388 e. The highest BCUT2D eigenvalue weighted by molar-refractivity contribution is 7.16. The lowest BCUT2D eigenvalue weighted by Crippen LogP contribution is -2.17. The lowest BCUT2D eigenvalue weighted by atomic mass is 10.2. The van der Waals surface area contributed by atoms with Crippen molar-refractivity contribution in [1.29, 1.82) is 0 Å². The molecule has 1 amide bonds. The van der Waals surface area contributed by atoms with Crippen molar-refractivity contribution in [3.63, 3.8) is 0 Å². The molecule has 9 heteroatoms. The number of hydrogen-bond donors (Lipinski definition) is 2. The summed E-state index contributed by atoms with van der Waals surface area (Å²) in [5.41, 5.74) is 1.90. The van der Waals surface area contributed by atoms with Crippen LogP contribution in [0.4, 0.5) is 21.3 Å². The zero-order valence-electron chi connectivity index (χ0n) is 14.6. The van der Waals surface area contributed by atoms with E-state index in [-0.39, 0.29) is 5.88 Å². The van der Waals surface area contributed by atoms with E-state index in [0.29, 0.717) is 17.4 Å². The SMILES string of the molecule is COCc1cccc(Nc2sc(C)nc2OC(=O)Nc2ccn(C)n2)c1. The standard InChI is InChI=1S/C17H19N5O3S/c1-11-18-15(25-17(23)20-14-7-8-22(2)21-14)16(26-11)19-13-6-4-5-12(9-13)10-24-3/h4-9,19H,10H2,1-3H3,(H,20,21,23). The summed E-state index contributed by atoms with van der Waals surface area (Å²) in [7, 11) is 3.42. The number of carbonyl (C=O) groups excluding carboxylic acids is 1. The van der Waals surface area contributed by atoms with E-state index in [2.05, 4.69) is 20.7 Å². The molecule has 0 saturated carbocycles. The van der Waals surface area contributed by atoms with Crippen molar-refractivity contribution in [2.75, 3.05) is 17.7 Å². The second-order valence-electron chi connectivity index (χ2n) is 5.51. The van der Waals surface area contributed by atoms with Gasteiger partial charge in [-0.1, -0.05) is 23.5 Å². The molecule has 0 fully saturated rings. The Morgan fingerprint density at radius 2 is 2.19 bits per heavy atom. The first kappa shape index (κ1) is 17.9. The molecule has 0 bridgehead atoms. The minimum Gasteiger partial charge on any atom is -0.388 e. The summed E-state index contributed by atoms with van der Waals surface area (Å²) in [5.74, 6) is 0.629. The van der Waals surface area contributed by atoms with Crippen LogP contribution in [0.3, 0.4) is 0 Å². The fourth-order valence-corrected chi connectivity index (χ4v) is 3.06. The summed E-state index contributed by atoms with van der Waals surface area (Å²) in [6.45, 7) is 2.37.